The highest BCUT2D eigenvalue weighted by molar-refractivity contribution is 6.30. The number of halogens is 2. The summed E-state index contributed by atoms with van der Waals surface area (Å²) in [6.07, 6.45) is 3.73. The normalized spacial score (nSPS) is 17.2. The molecule has 0 amide bonds. The van der Waals surface area contributed by atoms with E-state index in [4.69, 9.17) is 22.1 Å². The minimum atomic E-state index is 0. The maximum absolute atomic E-state index is 6.21. The Labute approximate surface area is 108 Å². The second-order valence-corrected chi connectivity index (χ2v) is 4.54. The van der Waals surface area contributed by atoms with Gasteiger partial charge in [-0.05, 0) is 37.0 Å². The molecule has 0 aromatic heterocycles. The Morgan fingerprint density at radius 1 is 1.44 bits per heavy atom. The minimum Gasteiger partial charge on any atom is -0.496 e. The van der Waals surface area contributed by atoms with Crippen molar-refractivity contribution in [1.82, 2.24) is 0 Å². The summed E-state index contributed by atoms with van der Waals surface area (Å²) in [6, 6.07) is 5.70. The Kier molecular flexibility index (Phi) is 4.90. The van der Waals surface area contributed by atoms with Gasteiger partial charge in [-0.25, -0.2) is 0 Å². The van der Waals surface area contributed by atoms with Crippen LogP contribution in [-0.2, 0) is 0 Å². The van der Waals surface area contributed by atoms with Gasteiger partial charge in [0.15, 0.2) is 0 Å². The molecule has 1 atom stereocenters. The van der Waals surface area contributed by atoms with Gasteiger partial charge < -0.3 is 10.5 Å². The van der Waals surface area contributed by atoms with Crippen LogP contribution in [0.5, 0.6) is 5.75 Å². The monoisotopic (exact) mass is 261 g/mol. The second-order valence-electron chi connectivity index (χ2n) is 4.10. The zero-order valence-electron chi connectivity index (χ0n) is 9.28. The molecule has 4 heteroatoms. The predicted molar refractivity (Wildman–Crippen MR) is 69.5 cm³/mol. The van der Waals surface area contributed by atoms with Crippen molar-refractivity contribution in [2.75, 3.05) is 7.11 Å². The lowest BCUT2D eigenvalue weighted by atomic mass is 9.77. The number of methoxy groups -OCH3 is 1. The Balaban J connectivity index is 0.00000128. The molecule has 16 heavy (non-hydrogen) atoms. The number of benzene rings is 1. The first-order valence-corrected chi connectivity index (χ1v) is 5.69. The lowest BCUT2D eigenvalue weighted by Crippen LogP contribution is -2.27. The molecule has 1 aliphatic rings. The molecule has 2 rings (SSSR count). The molecule has 0 unspecified atom stereocenters. The van der Waals surface area contributed by atoms with E-state index in [2.05, 4.69) is 0 Å². The van der Waals surface area contributed by atoms with Crippen LogP contribution in [0.25, 0.3) is 0 Å². The van der Waals surface area contributed by atoms with E-state index >= 15 is 0 Å². The third kappa shape index (κ3) is 2.62. The third-order valence-electron chi connectivity index (χ3n) is 3.21. The Morgan fingerprint density at radius 2 is 2.12 bits per heavy atom. The molecule has 0 spiro atoms. The van der Waals surface area contributed by atoms with Crippen LogP contribution in [-0.4, -0.2) is 7.11 Å². The average Bonchev–Trinajstić information content (AvgIpc) is 2.15. The fraction of sp³-hybridized carbons (Fsp3) is 0.500. The zero-order chi connectivity index (χ0) is 10.8. The standard InChI is InChI=1S/C12H16ClNO.ClH/c1-15-11-6-5-9(13)7-10(11)12(14)8-3-2-4-8;/h5-8,12H,2-4,14H2,1H3;1H/t12-;/m1./s1. The molecule has 1 aromatic rings. The van der Waals surface area contributed by atoms with Crippen LogP contribution >= 0.6 is 24.0 Å². The number of hydrogen-bond donors (Lipinski definition) is 1. The molecule has 1 saturated carbocycles. The van der Waals surface area contributed by atoms with E-state index in [0.717, 1.165) is 16.3 Å². The lowest BCUT2D eigenvalue weighted by Gasteiger charge is -2.32. The van der Waals surface area contributed by atoms with Gasteiger partial charge in [0, 0.05) is 16.6 Å². The fourth-order valence-corrected chi connectivity index (χ4v) is 2.20. The van der Waals surface area contributed by atoms with Crippen molar-refractivity contribution >= 4 is 24.0 Å². The molecule has 1 aliphatic carbocycles. The topological polar surface area (TPSA) is 35.2 Å². The van der Waals surface area contributed by atoms with Gasteiger partial charge in [-0.1, -0.05) is 18.0 Å². The van der Waals surface area contributed by atoms with Crippen molar-refractivity contribution in [2.45, 2.75) is 25.3 Å². The Bertz CT molecular complexity index is 353. The van der Waals surface area contributed by atoms with Crippen molar-refractivity contribution in [3.63, 3.8) is 0 Å². The van der Waals surface area contributed by atoms with Gasteiger partial charge in [0.1, 0.15) is 5.75 Å². The zero-order valence-corrected chi connectivity index (χ0v) is 10.9. The summed E-state index contributed by atoms with van der Waals surface area (Å²) in [6.45, 7) is 0. The predicted octanol–water partition coefficient (Wildman–Crippen LogP) is 3.57. The van der Waals surface area contributed by atoms with Gasteiger partial charge in [0.25, 0.3) is 0 Å². The van der Waals surface area contributed by atoms with Gasteiger partial charge in [-0.2, -0.15) is 0 Å². The van der Waals surface area contributed by atoms with Gasteiger partial charge in [0.05, 0.1) is 7.11 Å². The van der Waals surface area contributed by atoms with E-state index in [-0.39, 0.29) is 18.4 Å². The van der Waals surface area contributed by atoms with E-state index in [9.17, 15) is 0 Å². The first-order valence-electron chi connectivity index (χ1n) is 5.31. The number of hydrogen-bond acceptors (Lipinski definition) is 2. The molecule has 1 fully saturated rings. The first kappa shape index (κ1) is 13.6. The van der Waals surface area contributed by atoms with E-state index in [0.29, 0.717) is 5.92 Å². The van der Waals surface area contributed by atoms with Crippen LogP contribution < -0.4 is 10.5 Å². The molecular weight excluding hydrogens is 245 g/mol. The maximum atomic E-state index is 6.21. The van der Waals surface area contributed by atoms with Crippen LogP contribution in [0.4, 0.5) is 0 Å². The van der Waals surface area contributed by atoms with Crippen molar-refractivity contribution in [3.05, 3.63) is 28.8 Å². The summed E-state index contributed by atoms with van der Waals surface area (Å²) in [5.74, 6) is 1.44. The summed E-state index contributed by atoms with van der Waals surface area (Å²) in [4.78, 5) is 0. The van der Waals surface area contributed by atoms with E-state index in [1.54, 1.807) is 7.11 Å². The largest absolute Gasteiger partial charge is 0.496 e. The van der Waals surface area contributed by atoms with E-state index in [1.807, 2.05) is 18.2 Å². The highest BCUT2D eigenvalue weighted by atomic mass is 35.5. The van der Waals surface area contributed by atoms with E-state index in [1.165, 1.54) is 19.3 Å². The minimum absolute atomic E-state index is 0. The van der Waals surface area contributed by atoms with Crippen LogP contribution in [0.3, 0.4) is 0 Å². The van der Waals surface area contributed by atoms with Gasteiger partial charge in [0.2, 0.25) is 0 Å². The van der Waals surface area contributed by atoms with Crippen LogP contribution in [0.15, 0.2) is 18.2 Å². The smallest absolute Gasteiger partial charge is 0.123 e. The summed E-state index contributed by atoms with van der Waals surface area (Å²) in [7, 11) is 1.67. The number of rotatable bonds is 3. The molecule has 0 radical (unpaired) electrons. The molecule has 0 heterocycles. The molecule has 0 bridgehead atoms. The highest BCUT2D eigenvalue weighted by Crippen LogP contribution is 2.39. The summed E-state index contributed by atoms with van der Waals surface area (Å²) < 4.78 is 5.30. The van der Waals surface area contributed by atoms with Crippen molar-refractivity contribution in [3.8, 4) is 5.75 Å². The van der Waals surface area contributed by atoms with Gasteiger partial charge >= 0.3 is 0 Å². The fourth-order valence-electron chi connectivity index (χ4n) is 2.02. The summed E-state index contributed by atoms with van der Waals surface area (Å²) >= 11 is 5.97. The number of ether oxygens (including phenoxy) is 1. The van der Waals surface area contributed by atoms with Crippen molar-refractivity contribution in [1.29, 1.82) is 0 Å². The molecule has 0 aliphatic heterocycles. The maximum Gasteiger partial charge on any atom is 0.123 e. The lowest BCUT2D eigenvalue weighted by molar-refractivity contribution is 0.259. The molecule has 90 valence electrons. The van der Waals surface area contributed by atoms with E-state index < -0.39 is 0 Å². The first-order chi connectivity index (χ1) is 7.22. The van der Waals surface area contributed by atoms with Gasteiger partial charge in [-0.15, -0.1) is 12.4 Å². The quantitative estimate of drug-likeness (QED) is 0.903. The molecular formula is C12H17Cl2NO. The molecule has 2 nitrogen and oxygen atoms in total. The van der Waals surface area contributed by atoms with Crippen LogP contribution in [0, 0.1) is 5.92 Å². The van der Waals surface area contributed by atoms with Crippen molar-refractivity contribution in [2.24, 2.45) is 11.7 Å². The summed E-state index contributed by atoms with van der Waals surface area (Å²) in [5.41, 5.74) is 7.24. The molecule has 0 saturated heterocycles. The van der Waals surface area contributed by atoms with Crippen LogP contribution in [0.1, 0.15) is 30.9 Å². The van der Waals surface area contributed by atoms with Crippen molar-refractivity contribution < 1.29 is 4.74 Å². The third-order valence-corrected chi connectivity index (χ3v) is 3.44. The summed E-state index contributed by atoms with van der Waals surface area (Å²) in [5, 5.41) is 0.723. The Hall–Kier alpha value is -0.440. The average molecular weight is 262 g/mol. The highest BCUT2D eigenvalue weighted by Gasteiger charge is 2.27. The number of nitrogens with two attached hydrogens (primary N) is 1. The second kappa shape index (κ2) is 5.76. The SMILES string of the molecule is COc1ccc(Cl)cc1[C@H](N)C1CCC1.Cl. The van der Waals surface area contributed by atoms with Crippen LogP contribution in [0.2, 0.25) is 5.02 Å². The van der Waals surface area contributed by atoms with Gasteiger partial charge in [-0.3, -0.25) is 0 Å². The molecule has 1 aromatic carbocycles. The molecule has 2 N–H and O–H groups in total. The Morgan fingerprint density at radius 3 is 2.62 bits per heavy atom.